The molecule has 9 heteroatoms. The summed E-state index contributed by atoms with van der Waals surface area (Å²) in [7, 11) is 0. The molecule has 0 unspecified atom stereocenters. The zero-order valence-corrected chi connectivity index (χ0v) is 23.6. The van der Waals surface area contributed by atoms with E-state index in [0.29, 0.717) is 39.2 Å². The van der Waals surface area contributed by atoms with Crippen LogP contribution in [-0.4, -0.2) is 38.5 Å². The van der Waals surface area contributed by atoms with Crippen molar-refractivity contribution in [1.82, 2.24) is 14.9 Å². The Kier molecular flexibility index (Phi) is 6.47. The van der Waals surface area contributed by atoms with Crippen molar-refractivity contribution in [3.8, 4) is 11.3 Å². The molecule has 2 N–H and O–H groups in total. The molecule has 7 rings (SSSR count). The van der Waals surface area contributed by atoms with E-state index in [1.54, 1.807) is 42.7 Å². The third-order valence-corrected chi connectivity index (χ3v) is 7.81. The van der Waals surface area contributed by atoms with Gasteiger partial charge in [-0.15, -0.1) is 0 Å². The van der Waals surface area contributed by atoms with Gasteiger partial charge in [0.2, 0.25) is 5.91 Å². The summed E-state index contributed by atoms with van der Waals surface area (Å²) in [6.45, 7) is 1.48. The quantitative estimate of drug-likeness (QED) is 0.196. The summed E-state index contributed by atoms with van der Waals surface area (Å²) in [5.41, 5.74) is 6.74. The van der Waals surface area contributed by atoms with Crippen LogP contribution in [0.3, 0.4) is 0 Å². The lowest BCUT2D eigenvalue weighted by atomic mass is 9.99. The maximum absolute atomic E-state index is 13.8. The Morgan fingerprint density at radius 3 is 2.02 bits per heavy atom. The number of imide groups is 2. The molecule has 9 nitrogen and oxygen atoms in total. The highest BCUT2D eigenvalue weighted by atomic mass is 16.2. The first-order chi connectivity index (χ1) is 21.4. The zero-order valence-electron chi connectivity index (χ0n) is 23.6. The van der Waals surface area contributed by atoms with E-state index in [4.69, 9.17) is 0 Å². The van der Waals surface area contributed by atoms with Gasteiger partial charge in [-0.2, -0.15) is 0 Å². The monoisotopic (exact) mass is 579 g/mol. The van der Waals surface area contributed by atoms with E-state index in [2.05, 4.69) is 15.3 Å². The number of carbonyl (C=O) groups is 4. The highest BCUT2D eigenvalue weighted by molar-refractivity contribution is 6.43. The normalized spacial score (nSPS) is 15.0. The van der Waals surface area contributed by atoms with Crippen LogP contribution in [0.15, 0.2) is 110 Å². The van der Waals surface area contributed by atoms with Gasteiger partial charge in [0.1, 0.15) is 0 Å². The molecule has 0 fully saturated rings. The van der Waals surface area contributed by atoms with E-state index in [0.717, 1.165) is 22.5 Å². The summed E-state index contributed by atoms with van der Waals surface area (Å²) in [4.78, 5) is 61.9. The highest BCUT2D eigenvalue weighted by Gasteiger charge is 2.38. The fraction of sp³-hybridized carbons (Fsp3) is 0.0571. The van der Waals surface area contributed by atoms with Gasteiger partial charge in [-0.25, -0.2) is 9.88 Å². The summed E-state index contributed by atoms with van der Waals surface area (Å²) in [6.07, 6.45) is 3.43. The van der Waals surface area contributed by atoms with Crippen molar-refractivity contribution in [2.24, 2.45) is 0 Å². The average molecular weight is 580 g/mol. The number of carbonyl (C=O) groups excluding carboxylic acids is 4. The number of imidazole rings is 1. The lowest BCUT2D eigenvalue weighted by molar-refractivity contribution is -0.122. The molecule has 214 valence electrons. The Hall–Kier alpha value is -6.09. The third kappa shape index (κ3) is 4.47. The topological polar surface area (TPSA) is 115 Å². The second-order valence-corrected chi connectivity index (χ2v) is 10.5. The van der Waals surface area contributed by atoms with Gasteiger partial charge < -0.3 is 10.3 Å². The van der Waals surface area contributed by atoms with Crippen LogP contribution < -0.4 is 10.2 Å². The van der Waals surface area contributed by atoms with Crippen LogP contribution in [0, 0.1) is 0 Å². The fourth-order valence-corrected chi connectivity index (χ4v) is 5.68. The number of para-hydroxylation sites is 1. The molecule has 0 bridgehead atoms. The van der Waals surface area contributed by atoms with Crippen LogP contribution >= 0.6 is 0 Å². The van der Waals surface area contributed by atoms with E-state index in [1.165, 1.54) is 16.7 Å². The number of aromatic nitrogens is 2. The summed E-state index contributed by atoms with van der Waals surface area (Å²) in [5, 5.41) is 3.43. The predicted octanol–water partition coefficient (Wildman–Crippen LogP) is 5.75. The molecule has 2 aliphatic rings. The van der Waals surface area contributed by atoms with Crippen molar-refractivity contribution in [3.63, 3.8) is 0 Å². The van der Waals surface area contributed by atoms with Crippen molar-refractivity contribution >= 4 is 46.3 Å². The molecule has 4 amide bonds. The molecule has 44 heavy (non-hydrogen) atoms. The maximum Gasteiger partial charge on any atom is 0.267 e. The Balaban J connectivity index is 1.26. The van der Waals surface area contributed by atoms with Gasteiger partial charge in [0.05, 0.1) is 46.7 Å². The van der Waals surface area contributed by atoms with Gasteiger partial charge >= 0.3 is 0 Å². The maximum atomic E-state index is 13.8. The number of aromatic amines is 1. The Labute approximate surface area is 252 Å². The second kappa shape index (κ2) is 10.6. The molecule has 2 aliphatic heterocycles. The van der Waals surface area contributed by atoms with Gasteiger partial charge in [-0.1, -0.05) is 66.7 Å². The van der Waals surface area contributed by atoms with E-state index in [9.17, 15) is 19.2 Å². The second-order valence-electron chi connectivity index (χ2n) is 10.5. The number of fused-ring (bicyclic) bond motifs is 2. The Morgan fingerprint density at radius 1 is 0.773 bits per heavy atom. The van der Waals surface area contributed by atoms with Gasteiger partial charge in [0.25, 0.3) is 17.7 Å². The van der Waals surface area contributed by atoms with Crippen molar-refractivity contribution in [3.05, 3.63) is 137 Å². The number of anilines is 2. The van der Waals surface area contributed by atoms with Gasteiger partial charge in [-0.05, 0) is 41.5 Å². The summed E-state index contributed by atoms with van der Waals surface area (Å²) in [5.74, 6) is -1.45. The molecule has 1 aromatic heterocycles. The van der Waals surface area contributed by atoms with Crippen LogP contribution in [0.4, 0.5) is 11.4 Å². The van der Waals surface area contributed by atoms with Gasteiger partial charge in [-0.3, -0.25) is 24.1 Å². The highest BCUT2D eigenvalue weighted by Crippen LogP contribution is 2.41. The van der Waals surface area contributed by atoms with Crippen molar-refractivity contribution in [2.75, 3.05) is 10.2 Å². The van der Waals surface area contributed by atoms with Gasteiger partial charge in [0.15, 0.2) is 0 Å². The molecule has 5 aromatic rings. The van der Waals surface area contributed by atoms with Crippen molar-refractivity contribution in [2.45, 2.75) is 13.5 Å². The van der Waals surface area contributed by atoms with Crippen LogP contribution in [0.1, 0.15) is 44.3 Å². The minimum Gasteiger partial charge on any atom is -0.354 e. The fourth-order valence-electron chi connectivity index (χ4n) is 5.68. The molecule has 4 aromatic carbocycles. The predicted molar refractivity (Wildman–Crippen MR) is 166 cm³/mol. The summed E-state index contributed by atoms with van der Waals surface area (Å²) < 4.78 is 0. The minimum atomic E-state index is -0.426. The number of amides is 4. The third-order valence-electron chi connectivity index (χ3n) is 7.81. The molecule has 3 heterocycles. The molecule has 0 atom stereocenters. The van der Waals surface area contributed by atoms with E-state index >= 15 is 0 Å². The number of rotatable bonds is 6. The smallest absolute Gasteiger partial charge is 0.267 e. The Morgan fingerprint density at radius 2 is 1.41 bits per heavy atom. The van der Waals surface area contributed by atoms with Crippen molar-refractivity contribution in [1.29, 1.82) is 0 Å². The van der Waals surface area contributed by atoms with E-state index in [-0.39, 0.29) is 24.3 Å². The van der Waals surface area contributed by atoms with Crippen LogP contribution in [0.2, 0.25) is 0 Å². The standard InChI is InChI=1S/C35H25N5O4/c1-21(41)40-30-9-5-4-8-28(30)31(35(40)44)32(38-25-16-14-23(15-17-25)29-18-36-20-37-29)24-12-10-22(11-13-24)19-39-33(42)26-6-2-3-7-27(26)34(39)43/h2-18,20,38H,19H2,1H3,(H,36,37)/b32-31-. The number of benzene rings is 4. The Bertz CT molecular complexity index is 1960. The lowest BCUT2D eigenvalue weighted by Crippen LogP contribution is -2.31. The molecule has 0 radical (unpaired) electrons. The number of hydrogen-bond acceptors (Lipinski definition) is 6. The summed E-state index contributed by atoms with van der Waals surface area (Å²) >= 11 is 0. The number of hydrogen-bond donors (Lipinski definition) is 2. The van der Waals surface area contributed by atoms with E-state index in [1.807, 2.05) is 66.9 Å². The lowest BCUT2D eigenvalue weighted by Gasteiger charge is -2.17. The summed E-state index contributed by atoms with van der Waals surface area (Å²) in [6, 6.07) is 29.0. The molecule has 0 spiro atoms. The first-order valence-electron chi connectivity index (χ1n) is 14.0. The largest absolute Gasteiger partial charge is 0.354 e. The molecular weight excluding hydrogens is 554 g/mol. The molecule has 0 aliphatic carbocycles. The minimum absolute atomic E-state index is 0.112. The van der Waals surface area contributed by atoms with E-state index < -0.39 is 5.91 Å². The molecular formula is C35H25N5O4. The number of H-pyrrole nitrogens is 1. The zero-order chi connectivity index (χ0) is 30.4. The number of nitrogens with one attached hydrogen (secondary N) is 2. The molecule has 0 saturated heterocycles. The van der Waals surface area contributed by atoms with Crippen LogP contribution in [-0.2, 0) is 16.1 Å². The first kappa shape index (κ1) is 26.8. The molecule has 0 saturated carbocycles. The SMILES string of the molecule is CC(=O)N1C(=O)/C(=C(\Nc2ccc(-c3c[nH]cn3)cc2)c2ccc(CN3C(=O)c4ccccc4C3=O)cc2)c2ccccc21. The van der Waals surface area contributed by atoms with Crippen molar-refractivity contribution < 1.29 is 19.2 Å². The van der Waals surface area contributed by atoms with Gasteiger partial charge in [0, 0.05) is 29.9 Å². The number of nitrogens with zero attached hydrogens (tertiary/aromatic N) is 3. The van der Waals surface area contributed by atoms with Crippen LogP contribution in [0.25, 0.3) is 22.5 Å². The van der Waals surface area contributed by atoms with Crippen LogP contribution in [0.5, 0.6) is 0 Å². The average Bonchev–Trinajstić information content (AvgIpc) is 3.74. The first-order valence-corrected chi connectivity index (χ1v) is 14.0.